The average molecular weight is 154 g/mol. The van der Waals surface area contributed by atoms with Gasteiger partial charge in [0.1, 0.15) is 0 Å². The second-order valence-electron chi connectivity index (χ2n) is 1.02. The van der Waals surface area contributed by atoms with Crippen LogP contribution in [0.4, 0.5) is 0 Å². The summed E-state index contributed by atoms with van der Waals surface area (Å²) in [6.45, 7) is 0.944. The van der Waals surface area contributed by atoms with Crippen molar-refractivity contribution in [3.8, 4) is 0 Å². The Morgan fingerprint density at radius 2 is 1.00 bits per heavy atom. The van der Waals surface area contributed by atoms with Crippen LogP contribution >= 0.6 is 0 Å². The number of hydrogen-bond acceptors (Lipinski definition) is 5. The third-order valence-corrected chi connectivity index (χ3v) is 0.258. The second-order valence-corrected chi connectivity index (χ2v) is 1.02. The Bertz CT molecular complexity index is 22.9. The molecule has 7 N–H and O–H groups in total. The summed E-state index contributed by atoms with van der Waals surface area (Å²) in [5.41, 5.74) is 9.56. The third kappa shape index (κ3) is 111. The van der Waals surface area contributed by atoms with Gasteiger partial charge in [-0.25, -0.2) is 0 Å². The number of aliphatic hydroxyl groups is 3. The van der Waals surface area contributed by atoms with Crippen molar-refractivity contribution in [3.05, 3.63) is 0 Å². The van der Waals surface area contributed by atoms with Gasteiger partial charge < -0.3 is 26.8 Å². The van der Waals surface area contributed by atoms with E-state index in [-0.39, 0.29) is 13.2 Å². The summed E-state index contributed by atoms with van der Waals surface area (Å²) < 4.78 is 0. The van der Waals surface area contributed by atoms with Crippen molar-refractivity contribution in [1.29, 1.82) is 0 Å². The molecule has 0 saturated carbocycles. The zero-order valence-corrected chi connectivity index (χ0v) is 6.32. The molecule has 0 amide bonds. The summed E-state index contributed by atoms with van der Waals surface area (Å²) in [5.74, 6) is 0. The molecule has 0 spiro atoms. The minimum Gasteiger partial charge on any atom is -0.400 e. The Balaban J connectivity index is -0.0000000787. The summed E-state index contributed by atoms with van der Waals surface area (Å²) in [4.78, 5) is 0. The van der Waals surface area contributed by atoms with Crippen molar-refractivity contribution in [3.63, 3.8) is 0 Å². The predicted octanol–water partition coefficient (Wildman–Crippen LogP) is -2.52. The first-order valence-electron chi connectivity index (χ1n) is 2.90. The number of nitrogens with two attached hydrogens (primary N) is 2. The zero-order valence-electron chi connectivity index (χ0n) is 6.32. The molecular weight excluding hydrogens is 136 g/mol. The van der Waals surface area contributed by atoms with Gasteiger partial charge in [0.05, 0.1) is 13.2 Å². The Labute approximate surface area is 61.3 Å². The van der Waals surface area contributed by atoms with E-state index < -0.39 is 0 Å². The monoisotopic (exact) mass is 154 g/mol. The standard InChI is InChI=1S/2C2H7NO.CH4O/c2*3-1-2-4;1-2/h2*4H,1-3H2;2H,1H3. The summed E-state index contributed by atoms with van der Waals surface area (Å²) in [6, 6.07) is 0. The average Bonchev–Trinajstić information content (AvgIpc) is 2.08. The largest absolute Gasteiger partial charge is 0.400 e. The van der Waals surface area contributed by atoms with E-state index in [1.54, 1.807) is 0 Å². The molecule has 0 aliphatic carbocycles. The van der Waals surface area contributed by atoms with Crippen LogP contribution in [0.3, 0.4) is 0 Å². The number of hydrogen-bond donors (Lipinski definition) is 5. The minimum absolute atomic E-state index is 0.0972. The third-order valence-electron chi connectivity index (χ3n) is 0.258. The van der Waals surface area contributed by atoms with E-state index in [9.17, 15) is 0 Å². The van der Waals surface area contributed by atoms with Gasteiger partial charge in [-0.3, -0.25) is 0 Å². The first-order chi connectivity index (χ1) is 4.83. The fraction of sp³-hybridized carbons (Fsp3) is 1.00. The zero-order chi connectivity index (χ0) is 8.83. The molecule has 0 radical (unpaired) electrons. The number of aliphatic hydroxyl groups excluding tert-OH is 3. The van der Waals surface area contributed by atoms with Gasteiger partial charge in [0, 0.05) is 20.2 Å². The second kappa shape index (κ2) is 37.1. The maximum Gasteiger partial charge on any atom is 0.0553 e. The highest BCUT2D eigenvalue weighted by molar-refractivity contribution is 4.17. The summed E-state index contributed by atoms with van der Waals surface area (Å²) in [6.07, 6.45) is 0. The highest BCUT2D eigenvalue weighted by Gasteiger charge is 1.56. The quantitative estimate of drug-likeness (QED) is 0.301. The molecule has 66 valence electrons. The van der Waals surface area contributed by atoms with Crippen molar-refractivity contribution in [2.75, 3.05) is 33.4 Å². The summed E-state index contributed by atoms with van der Waals surface area (Å²) in [5, 5.41) is 22.5. The highest BCUT2D eigenvalue weighted by Crippen LogP contribution is 1.33. The summed E-state index contributed by atoms with van der Waals surface area (Å²) >= 11 is 0. The molecule has 5 nitrogen and oxygen atoms in total. The van der Waals surface area contributed by atoms with Gasteiger partial charge in [0.2, 0.25) is 0 Å². The Hall–Kier alpha value is -0.200. The lowest BCUT2D eigenvalue weighted by molar-refractivity contribution is 0.306. The van der Waals surface area contributed by atoms with Crippen LogP contribution in [0, 0.1) is 0 Å². The molecule has 10 heavy (non-hydrogen) atoms. The van der Waals surface area contributed by atoms with Gasteiger partial charge in [-0.15, -0.1) is 0 Å². The van der Waals surface area contributed by atoms with Crippen molar-refractivity contribution in [1.82, 2.24) is 0 Å². The molecular formula is C5H18N2O3. The van der Waals surface area contributed by atoms with Crippen molar-refractivity contribution >= 4 is 0 Å². The van der Waals surface area contributed by atoms with E-state index in [0.29, 0.717) is 13.1 Å². The Kier molecular flexibility index (Phi) is 60.9. The lowest BCUT2D eigenvalue weighted by atomic mass is 10.8. The SMILES string of the molecule is CO.NCCO.NCCO. The molecule has 0 atom stereocenters. The normalized spacial score (nSPS) is 6.60. The smallest absolute Gasteiger partial charge is 0.0553 e. The van der Waals surface area contributed by atoms with Gasteiger partial charge >= 0.3 is 0 Å². The van der Waals surface area contributed by atoms with Crippen LogP contribution in [0.15, 0.2) is 0 Å². The first-order valence-corrected chi connectivity index (χ1v) is 2.90. The Morgan fingerprint density at radius 3 is 1.00 bits per heavy atom. The predicted molar refractivity (Wildman–Crippen MR) is 40.4 cm³/mol. The molecule has 0 rings (SSSR count). The van der Waals surface area contributed by atoms with E-state index in [4.69, 9.17) is 26.8 Å². The van der Waals surface area contributed by atoms with E-state index in [0.717, 1.165) is 7.11 Å². The van der Waals surface area contributed by atoms with Crippen LogP contribution in [-0.4, -0.2) is 48.7 Å². The van der Waals surface area contributed by atoms with Gasteiger partial charge in [-0.2, -0.15) is 0 Å². The van der Waals surface area contributed by atoms with Crippen LogP contribution in [-0.2, 0) is 0 Å². The molecule has 0 heterocycles. The van der Waals surface area contributed by atoms with Gasteiger partial charge in [-0.1, -0.05) is 0 Å². The van der Waals surface area contributed by atoms with Gasteiger partial charge in [0.25, 0.3) is 0 Å². The lowest BCUT2D eigenvalue weighted by Gasteiger charge is -1.71. The van der Waals surface area contributed by atoms with E-state index in [2.05, 4.69) is 0 Å². The molecule has 5 heteroatoms. The van der Waals surface area contributed by atoms with Crippen LogP contribution in [0.25, 0.3) is 0 Å². The molecule has 0 saturated heterocycles. The molecule has 0 fully saturated rings. The first kappa shape index (κ1) is 16.4. The fourth-order valence-corrected chi connectivity index (χ4v) is 0. The van der Waals surface area contributed by atoms with Crippen molar-refractivity contribution in [2.24, 2.45) is 11.5 Å². The summed E-state index contributed by atoms with van der Waals surface area (Å²) in [7, 11) is 1.00. The Morgan fingerprint density at radius 1 is 0.900 bits per heavy atom. The molecule has 0 aromatic heterocycles. The van der Waals surface area contributed by atoms with E-state index >= 15 is 0 Å². The molecule has 0 aliphatic heterocycles. The van der Waals surface area contributed by atoms with Crippen LogP contribution in [0.5, 0.6) is 0 Å². The van der Waals surface area contributed by atoms with E-state index in [1.807, 2.05) is 0 Å². The van der Waals surface area contributed by atoms with Gasteiger partial charge in [-0.05, 0) is 0 Å². The van der Waals surface area contributed by atoms with Crippen LogP contribution in [0.1, 0.15) is 0 Å². The molecule has 0 aromatic carbocycles. The van der Waals surface area contributed by atoms with Crippen LogP contribution < -0.4 is 11.5 Å². The highest BCUT2D eigenvalue weighted by atomic mass is 16.3. The minimum atomic E-state index is 0.0972. The molecule has 0 bridgehead atoms. The van der Waals surface area contributed by atoms with Gasteiger partial charge in [0.15, 0.2) is 0 Å². The fourth-order valence-electron chi connectivity index (χ4n) is 0. The topological polar surface area (TPSA) is 113 Å². The number of rotatable bonds is 2. The lowest BCUT2D eigenvalue weighted by Crippen LogP contribution is -2.02. The van der Waals surface area contributed by atoms with Crippen molar-refractivity contribution < 1.29 is 15.3 Å². The maximum atomic E-state index is 7.75. The van der Waals surface area contributed by atoms with Crippen molar-refractivity contribution in [2.45, 2.75) is 0 Å². The molecule has 0 aliphatic rings. The molecule has 0 unspecified atom stereocenters. The molecule has 0 aromatic rings. The van der Waals surface area contributed by atoms with E-state index in [1.165, 1.54) is 0 Å². The maximum absolute atomic E-state index is 7.75. The van der Waals surface area contributed by atoms with Crippen LogP contribution in [0.2, 0.25) is 0 Å².